The minimum absolute atomic E-state index is 0.0851. The summed E-state index contributed by atoms with van der Waals surface area (Å²) in [7, 11) is 1.41. The molecule has 2 aromatic carbocycles. The Labute approximate surface area is 122 Å². The maximum Gasteiger partial charge on any atom is 0.193 e. The van der Waals surface area contributed by atoms with Gasteiger partial charge in [0.2, 0.25) is 0 Å². The number of rotatable bonds is 5. The van der Waals surface area contributed by atoms with Gasteiger partial charge < -0.3 is 14.9 Å². The molecule has 0 atom stereocenters. The van der Waals surface area contributed by atoms with E-state index in [0.29, 0.717) is 5.56 Å². The van der Waals surface area contributed by atoms with Crippen LogP contribution in [0.5, 0.6) is 11.5 Å². The van der Waals surface area contributed by atoms with Gasteiger partial charge in [0.15, 0.2) is 5.78 Å². The first-order valence-corrected chi connectivity index (χ1v) is 6.44. The van der Waals surface area contributed by atoms with Gasteiger partial charge in [-0.25, -0.2) is 0 Å². The highest BCUT2D eigenvalue weighted by atomic mass is 16.5. The third-order valence-corrected chi connectivity index (χ3v) is 3.02. The van der Waals surface area contributed by atoms with E-state index in [9.17, 15) is 9.90 Å². The SMILES string of the molecule is COc1cc(CO)cc(O)c1C(=O)/C=C/c1ccccc1. The first kappa shape index (κ1) is 14.8. The maximum absolute atomic E-state index is 12.2. The maximum atomic E-state index is 12.2. The lowest BCUT2D eigenvalue weighted by Crippen LogP contribution is -2.01. The lowest BCUT2D eigenvalue weighted by atomic mass is 10.0. The summed E-state index contributed by atoms with van der Waals surface area (Å²) < 4.78 is 5.12. The first-order chi connectivity index (χ1) is 10.2. The molecule has 0 spiro atoms. The van der Waals surface area contributed by atoms with Crippen LogP contribution >= 0.6 is 0 Å². The summed E-state index contributed by atoms with van der Waals surface area (Å²) in [5.74, 6) is -0.333. The van der Waals surface area contributed by atoms with E-state index in [4.69, 9.17) is 9.84 Å². The number of phenolic OH excluding ortho intramolecular Hbond substituents is 1. The number of ketones is 1. The van der Waals surface area contributed by atoms with Gasteiger partial charge in [-0.15, -0.1) is 0 Å². The van der Waals surface area contributed by atoms with E-state index in [0.717, 1.165) is 5.56 Å². The van der Waals surface area contributed by atoms with Crippen LogP contribution in [0.25, 0.3) is 6.08 Å². The zero-order valence-corrected chi connectivity index (χ0v) is 11.6. The number of methoxy groups -OCH3 is 1. The number of phenols is 1. The van der Waals surface area contributed by atoms with Crippen molar-refractivity contribution in [1.82, 2.24) is 0 Å². The van der Waals surface area contributed by atoms with Crippen LogP contribution in [-0.2, 0) is 6.61 Å². The monoisotopic (exact) mass is 284 g/mol. The van der Waals surface area contributed by atoms with Crippen LogP contribution < -0.4 is 4.74 Å². The fraction of sp³-hybridized carbons (Fsp3) is 0.118. The Hall–Kier alpha value is -2.59. The first-order valence-electron chi connectivity index (χ1n) is 6.44. The Morgan fingerprint density at radius 1 is 1.24 bits per heavy atom. The van der Waals surface area contributed by atoms with Gasteiger partial charge in [-0.3, -0.25) is 4.79 Å². The summed E-state index contributed by atoms with van der Waals surface area (Å²) in [6.45, 7) is -0.238. The van der Waals surface area contributed by atoms with E-state index >= 15 is 0 Å². The van der Waals surface area contributed by atoms with Crippen molar-refractivity contribution in [3.8, 4) is 11.5 Å². The number of hydrogen-bond donors (Lipinski definition) is 2. The normalized spacial score (nSPS) is 10.8. The van der Waals surface area contributed by atoms with Gasteiger partial charge in [-0.1, -0.05) is 36.4 Å². The molecule has 21 heavy (non-hydrogen) atoms. The van der Waals surface area contributed by atoms with Crippen LogP contribution in [0.3, 0.4) is 0 Å². The van der Waals surface area contributed by atoms with Crippen LogP contribution in [0.15, 0.2) is 48.5 Å². The van der Waals surface area contributed by atoms with Crippen LogP contribution in [0.4, 0.5) is 0 Å². The molecule has 0 unspecified atom stereocenters. The molecule has 0 fully saturated rings. The Kier molecular flexibility index (Phi) is 4.74. The van der Waals surface area contributed by atoms with Gasteiger partial charge in [-0.2, -0.15) is 0 Å². The second-order valence-electron chi connectivity index (χ2n) is 4.46. The molecule has 0 saturated heterocycles. The van der Waals surface area contributed by atoms with E-state index in [2.05, 4.69) is 0 Å². The number of carbonyl (C=O) groups is 1. The van der Waals surface area contributed by atoms with Crippen LogP contribution in [0, 0.1) is 0 Å². The fourth-order valence-electron chi connectivity index (χ4n) is 1.98. The molecule has 4 nitrogen and oxygen atoms in total. The van der Waals surface area contributed by atoms with E-state index < -0.39 is 0 Å². The molecule has 4 heteroatoms. The third kappa shape index (κ3) is 3.49. The van der Waals surface area contributed by atoms with Crippen molar-refractivity contribution in [1.29, 1.82) is 0 Å². The Bertz CT molecular complexity index is 660. The van der Waals surface area contributed by atoms with Gasteiger partial charge in [0.05, 0.1) is 13.7 Å². The van der Waals surface area contributed by atoms with Crippen molar-refractivity contribution in [3.63, 3.8) is 0 Å². The second kappa shape index (κ2) is 6.72. The van der Waals surface area contributed by atoms with Crippen LogP contribution in [0.1, 0.15) is 21.5 Å². The number of aliphatic hydroxyl groups excluding tert-OH is 1. The molecule has 0 aliphatic heterocycles. The van der Waals surface area contributed by atoms with E-state index in [1.54, 1.807) is 6.08 Å². The summed E-state index contributed by atoms with van der Waals surface area (Å²) in [6, 6.07) is 12.3. The zero-order valence-electron chi connectivity index (χ0n) is 11.6. The highest BCUT2D eigenvalue weighted by molar-refractivity contribution is 6.10. The van der Waals surface area contributed by atoms with Crippen molar-refractivity contribution < 1.29 is 19.7 Å². The van der Waals surface area contributed by atoms with Crippen LogP contribution in [-0.4, -0.2) is 23.1 Å². The van der Waals surface area contributed by atoms with Crippen molar-refractivity contribution in [2.24, 2.45) is 0 Å². The zero-order chi connectivity index (χ0) is 15.2. The van der Waals surface area contributed by atoms with Gasteiger partial charge in [0.25, 0.3) is 0 Å². The summed E-state index contributed by atoms with van der Waals surface area (Å²) in [5.41, 5.74) is 1.45. The third-order valence-electron chi connectivity index (χ3n) is 3.02. The van der Waals surface area contributed by atoms with E-state index in [-0.39, 0.29) is 29.5 Å². The molecule has 0 aliphatic carbocycles. The molecule has 0 amide bonds. The number of ether oxygens (including phenoxy) is 1. The number of hydrogen-bond acceptors (Lipinski definition) is 4. The predicted molar refractivity (Wildman–Crippen MR) is 80.4 cm³/mol. The molecule has 0 heterocycles. The molecule has 2 N–H and O–H groups in total. The number of aliphatic hydroxyl groups is 1. The van der Waals surface area contributed by atoms with Gasteiger partial charge in [-0.05, 0) is 29.3 Å². The average molecular weight is 284 g/mol. The Morgan fingerprint density at radius 3 is 2.57 bits per heavy atom. The standard InChI is InChI=1S/C17H16O4/c1-21-16-10-13(11-18)9-15(20)17(16)14(19)8-7-12-5-3-2-4-6-12/h2-10,18,20H,11H2,1H3/b8-7+. The smallest absolute Gasteiger partial charge is 0.193 e. The van der Waals surface area contributed by atoms with Crippen molar-refractivity contribution in [3.05, 3.63) is 65.2 Å². The van der Waals surface area contributed by atoms with Gasteiger partial charge >= 0.3 is 0 Å². The highest BCUT2D eigenvalue weighted by Gasteiger charge is 2.16. The summed E-state index contributed by atoms with van der Waals surface area (Å²) in [4.78, 5) is 12.2. The number of benzene rings is 2. The molecule has 0 aromatic heterocycles. The summed E-state index contributed by atoms with van der Waals surface area (Å²) in [5, 5.41) is 19.1. The topological polar surface area (TPSA) is 66.8 Å². The molecular weight excluding hydrogens is 268 g/mol. The number of aromatic hydroxyl groups is 1. The summed E-state index contributed by atoms with van der Waals surface area (Å²) >= 11 is 0. The molecule has 0 aliphatic rings. The quantitative estimate of drug-likeness (QED) is 0.654. The Morgan fingerprint density at radius 2 is 1.95 bits per heavy atom. The largest absolute Gasteiger partial charge is 0.507 e. The lowest BCUT2D eigenvalue weighted by molar-refractivity contribution is 0.104. The van der Waals surface area contributed by atoms with Gasteiger partial charge in [0, 0.05) is 0 Å². The molecular formula is C17H16O4. The molecule has 0 bridgehead atoms. The minimum atomic E-state index is -0.363. The molecule has 0 saturated carbocycles. The molecule has 108 valence electrons. The fourth-order valence-corrected chi connectivity index (χ4v) is 1.98. The average Bonchev–Trinajstić information content (AvgIpc) is 2.52. The summed E-state index contributed by atoms with van der Waals surface area (Å²) in [6.07, 6.45) is 3.05. The minimum Gasteiger partial charge on any atom is -0.507 e. The van der Waals surface area contributed by atoms with Crippen molar-refractivity contribution in [2.45, 2.75) is 6.61 Å². The second-order valence-corrected chi connectivity index (χ2v) is 4.46. The van der Waals surface area contributed by atoms with Crippen molar-refractivity contribution >= 4 is 11.9 Å². The lowest BCUT2D eigenvalue weighted by Gasteiger charge is -2.10. The number of carbonyl (C=O) groups excluding carboxylic acids is 1. The Balaban J connectivity index is 2.33. The predicted octanol–water partition coefficient (Wildman–Crippen LogP) is 2.79. The molecule has 2 aromatic rings. The number of allylic oxidation sites excluding steroid dienone is 1. The van der Waals surface area contributed by atoms with Crippen LogP contribution in [0.2, 0.25) is 0 Å². The molecule has 0 radical (unpaired) electrons. The highest BCUT2D eigenvalue weighted by Crippen LogP contribution is 2.30. The van der Waals surface area contributed by atoms with Crippen molar-refractivity contribution in [2.75, 3.05) is 7.11 Å². The molecule has 2 rings (SSSR count). The van der Waals surface area contributed by atoms with E-state index in [1.165, 1.54) is 25.3 Å². The van der Waals surface area contributed by atoms with E-state index in [1.807, 2.05) is 30.3 Å². The van der Waals surface area contributed by atoms with Gasteiger partial charge in [0.1, 0.15) is 17.1 Å².